The summed E-state index contributed by atoms with van der Waals surface area (Å²) in [4.78, 5) is 35.1. The van der Waals surface area contributed by atoms with Gasteiger partial charge in [-0.1, -0.05) is 26.3 Å². The molecule has 0 spiro atoms. The van der Waals surface area contributed by atoms with Gasteiger partial charge in [-0.15, -0.1) is 0 Å². The molecule has 0 fully saturated rings. The number of esters is 1. The maximum Gasteiger partial charge on any atom is 0.338 e. The summed E-state index contributed by atoms with van der Waals surface area (Å²) in [5, 5.41) is 5.43. The maximum absolute atomic E-state index is 11.9. The predicted octanol–water partition coefficient (Wildman–Crippen LogP) is 2.07. The molecule has 0 unspecified atom stereocenters. The Morgan fingerprint density at radius 2 is 1.72 bits per heavy atom. The van der Waals surface area contributed by atoms with Crippen molar-refractivity contribution >= 4 is 17.8 Å². The second-order valence-corrected chi connectivity index (χ2v) is 6.37. The fourth-order valence-electron chi connectivity index (χ4n) is 2.19. The summed E-state index contributed by atoms with van der Waals surface area (Å²) in [6.07, 6.45) is 2.96. The molecule has 0 aromatic heterocycles. The first-order chi connectivity index (χ1) is 14.1. The van der Waals surface area contributed by atoms with Crippen molar-refractivity contribution in [2.45, 2.75) is 39.5 Å². The molecule has 0 radical (unpaired) electrons. The van der Waals surface area contributed by atoms with Crippen molar-refractivity contribution in [2.75, 3.05) is 39.5 Å². The number of carbonyl (C=O) groups excluding carboxylic acids is 3. The molecular formula is C21H32N2O6. The Labute approximate surface area is 172 Å². The molecule has 2 amide bonds. The zero-order chi connectivity index (χ0) is 21.3. The van der Waals surface area contributed by atoms with E-state index in [-0.39, 0.29) is 18.4 Å². The Kier molecular flexibility index (Phi) is 12.9. The van der Waals surface area contributed by atoms with Crippen LogP contribution < -0.4 is 15.4 Å². The predicted molar refractivity (Wildman–Crippen MR) is 109 cm³/mol. The van der Waals surface area contributed by atoms with Gasteiger partial charge in [-0.3, -0.25) is 9.59 Å². The molecule has 0 aliphatic heterocycles. The van der Waals surface area contributed by atoms with Crippen molar-refractivity contribution in [2.24, 2.45) is 0 Å². The van der Waals surface area contributed by atoms with Crippen molar-refractivity contribution < 1.29 is 28.6 Å². The van der Waals surface area contributed by atoms with Gasteiger partial charge in [-0.25, -0.2) is 4.79 Å². The highest BCUT2D eigenvalue weighted by Gasteiger charge is 2.09. The number of nitrogens with one attached hydrogen (secondary N) is 2. The second-order valence-electron chi connectivity index (χ2n) is 6.37. The van der Waals surface area contributed by atoms with Gasteiger partial charge in [0.15, 0.2) is 6.61 Å². The standard InChI is InChI=1S/C21H32N2O6/c1-3-5-12-28-21(26)17-7-6-8-18(15-17)29-16-20(25)23-11-14-27-13-9-19(24)22-10-4-2/h6-8,15H,3-5,9-14,16H2,1-2H3,(H,22,24)(H,23,25). The SMILES string of the molecule is CCCCOC(=O)c1cccc(OCC(=O)NCCOCCC(=O)NCCC)c1. The van der Waals surface area contributed by atoms with Crippen LogP contribution in [0.15, 0.2) is 24.3 Å². The molecule has 1 rings (SSSR count). The largest absolute Gasteiger partial charge is 0.484 e. The molecule has 8 nitrogen and oxygen atoms in total. The van der Waals surface area contributed by atoms with Crippen molar-refractivity contribution in [3.05, 3.63) is 29.8 Å². The van der Waals surface area contributed by atoms with E-state index in [0.717, 1.165) is 19.3 Å². The van der Waals surface area contributed by atoms with Crippen molar-refractivity contribution in [1.82, 2.24) is 10.6 Å². The molecule has 0 aliphatic carbocycles. The Hall–Kier alpha value is -2.61. The van der Waals surface area contributed by atoms with E-state index in [9.17, 15) is 14.4 Å². The molecule has 0 saturated heterocycles. The van der Waals surface area contributed by atoms with Crippen molar-refractivity contribution in [3.8, 4) is 5.75 Å². The van der Waals surface area contributed by atoms with Crippen LogP contribution in [0.3, 0.4) is 0 Å². The van der Waals surface area contributed by atoms with Gasteiger partial charge in [0.1, 0.15) is 5.75 Å². The second kappa shape index (κ2) is 15.3. The third-order valence-electron chi connectivity index (χ3n) is 3.78. The molecule has 29 heavy (non-hydrogen) atoms. The first-order valence-electron chi connectivity index (χ1n) is 10.1. The highest BCUT2D eigenvalue weighted by atomic mass is 16.5. The number of carbonyl (C=O) groups is 3. The number of unbranched alkanes of at least 4 members (excludes halogenated alkanes) is 1. The summed E-state index contributed by atoms with van der Waals surface area (Å²) in [6.45, 7) is 5.83. The number of ether oxygens (including phenoxy) is 3. The van der Waals surface area contributed by atoms with E-state index >= 15 is 0 Å². The minimum absolute atomic E-state index is 0.0410. The number of rotatable bonds is 15. The van der Waals surface area contributed by atoms with Gasteiger partial charge in [-0.2, -0.15) is 0 Å². The molecule has 0 heterocycles. The van der Waals surface area contributed by atoms with E-state index in [2.05, 4.69) is 10.6 Å². The molecule has 0 atom stereocenters. The van der Waals surface area contributed by atoms with Crippen LogP contribution in [-0.2, 0) is 19.1 Å². The first kappa shape index (κ1) is 24.4. The van der Waals surface area contributed by atoms with Crippen LogP contribution in [0, 0.1) is 0 Å². The van der Waals surface area contributed by atoms with Gasteiger partial charge in [0.2, 0.25) is 5.91 Å². The molecule has 8 heteroatoms. The van der Waals surface area contributed by atoms with Crippen LogP contribution in [0.5, 0.6) is 5.75 Å². The third kappa shape index (κ3) is 11.7. The number of benzene rings is 1. The van der Waals surface area contributed by atoms with Crippen LogP contribution in [0.4, 0.5) is 0 Å². The number of hydrogen-bond donors (Lipinski definition) is 2. The Balaban J connectivity index is 2.19. The highest BCUT2D eigenvalue weighted by molar-refractivity contribution is 5.89. The van der Waals surface area contributed by atoms with E-state index in [0.29, 0.717) is 50.6 Å². The lowest BCUT2D eigenvalue weighted by molar-refractivity contribution is -0.124. The summed E-state index contributed by atoms with van der Waals surface area (Å²) in [6, 6.07) is 6.53. The highest BCUT2D eigenvalue weighted by Crippen LogP contribution is 2.14. The Morgan fingerprint density at radius 1 is 0.931 bits per heavy atom. The summed E-state index contributed by atoms with van der Waals surface area (Å²) < 4.78 is 15.9. The first-order valence-corrected chi connectivity index (χ1v) is 10.1. The van der Waals surface area contributed by atoms with Crippen LogP contribution in [0.1, 0.15) is 49.9 Å². The van der Waals surface area contributed by atoms with Gasteiger partial charge < -0.3 is 24.8 Å². The van der Waals surface area contributed by atoms with E-state index in [1.165, 1.54) is 0 Å². The van der Waals surface area contributed by atoms with Crippen LogP contribution in [0.25, 0.3) is 0 Å². The summed E-state index contributed by atoms with van der Waals surface area (Å²) in [5.41, 5.74) is 0.385. The molecule has 2 N–H and O–H groups in total. The Bertz CT molecular complexity index is 635. The van der Waals surface area contributed by atoms with Crippen molar-refractivity contribution in [1.29, 1.82) is 0 Å². The minimum atomic E-state index is -0.408. The van der Waals surface area contributed by atoms with Gasteiger partial charge in [0.25, 0.3) is 5.91 Å². The van der Waals surface area contributed by atoms with Crippen molar-refractivity contribution in [3.63, 3.8) is 0 Å². The maximum atomic E-state index is 11.9. The lowest BCUT2D eigenvalue weighted by atomic mass is 10.2. The molecular weight excluding hydrogens is 376 g/mol. The molecule has 0 saturated carbocycles. The smallest absolute Gasteiger partial charge is 0.338 e. The summed E-state index contributed by atoms with van der Waals surface area (Å²) in [5.74, 6) is -0.334. The van der Waals surface area contributed by atoms with Gasteiger partial charge in [0.05, 0.1) is 25.4 Å². The van der Waals surface area contributed by atoms with Crippen LogP contribution >= 0.6 is 0 Å². The topological polar surface area (TPSA) is 103 Å². The van der Waals surface area contributed by atoms with E-state index in [1.54, 1.807) is 24.3 Å². The monoisotopic (exact) mass is 408 g/mol. The minimum Gasteiger partial charge on any atom is -0.484 e. The summed E-state index contributed by atoms with van der Waals surface area (Å²) in [7, 11) is 0. The lowest BCUT2D eigenvalue weighted by Gasteiger charge is -2.09. The van der Waals surface area contributed by atoms with E-state index in [4.69, 9.17) is 14.2 Å². The van der Waals surface area contributed by atoms with Gasteiger partial charge >= 0.3 is 5.97 Å². The zero-order valence-corrected chi connectivity index (χ0v) is 17.3. The Morgan fingerprint density at radius 3 is 2.48 bits per heavy atom. The fraction of sp³-hybridized carbons (Fsp3) is 0.571. The van der Waals surface area contributed by atoms with Crippen LogP contribution in [-0.4, -0.2) is 57.3 Å². The zero-order valence-electron chi connectivity index (χ0n) is 17.3. The van der Waals surface area contributed by atoms with Gasteiger partial charge in [-0.05, 0) is 31.0 Å². The molecule has 0 bridgehead atoms. The average molecular weight is 408 g/mol. The van der Waals surface area contributed by atoms with Gasteiger partial charge in [0, 0.05) is 19.5 Å². The average Bonchev–Trinajstić information content (AvgIpc) is 2.73. The lowest BCUT2D eigenvalue weighted by Crippen LogP contribution is -2.32. The van der Waals surface area contributed by atoms with E-state index in [1.807, 2.05) is 13.8 Å². The number of amides is 2. The normalized spacial score (nSPS) is 10.3. The summed E-state index contributed by atoms with van der Waals surface area (Å²) >= 11 is 0. The molecule has 162 valence electrons. The third-order valence-corrected chi connectivity index (χ3v) is 3.78. The molecule has 1 aromatic rings. The molecule has 0 aliphatic rings. The quantitative estimate of drug-likeness (QED) is 0.340. The van der Waals surface area contributed by atoms with Crippen LogP contribution in [0.2, 0.25) is 0 Å². The fourth-order valence-corrected chi connectivity index (χ4v) is 2.19. The number of hydrogen-bond acceptors (Lipinski definition) is 6. The van der Waals surface area contributed by atoms with E-state index < -0.39 is 5.97 Å². The molecule has 1 aromatic carbocycles.